The number of hydroxylamine groups is 1. The second-order valence-electron chi connectivity index (χ2n) is 7.33. The molecular formula is C21H24FN3O6S. The van der Waals surface area contributed by atoms with Gasteiger partial charge in [0.15, 0.2) is 9.84 Å². The van der Waals surface area contributed by atoms with E-state index >= 15 is 0 Å². The monoisotopic (exact) mass is 465 g/mol. The smallest absolute Gasteiger partial charge is 0.262 e. The molecule has 2 amide bonds. The van der Waals surface area contributed by atoms with E-state index in [4.69, 9.17) is 9.94 Å². The first-order chi connectivity index (χ1) is 15.3. The Kier molecular flexibility index (Phi) is 7.78. The summed E-state index contributed by atoms with van der Waals surface area (Å²) < 4.78 is 41.8. The zero-order chi connectivity index (χ0) is 23.1. The van der Waals surface area contributed by atoms with Gasteiger partial charge in [0.1, 0.15) is 24.2 Å². The first-order valence-corrected chi connectivity index (χ1v) is 11.7. The Morgan fingerprint density at radius 3 is 2.28 bits per heavy atom. The predicted octanol–water partition coefficient (Wildman–Crippen LogP) is 0.739. The van der Waals surface area contributed by atoms with Crippen molar-refractivity contribution in [2.75, 3.05) is 31.1 Å². The van der Waals surface area contributed by atoms with Gasteiger partial charge in [0, 0.05) is 25.2 Å². The van der Waals surface area contributed by atoms with Crippen LogP contribution in [0.4, 0.5) is 4.39 Å². The maximum atomic E-state index is 12.9. The van der Waals surface area contributed by atoms with Gasteiger partial charge in [0.25, 0.3) is 11.8 Å². The highest BCUT2D eigenvalue weighted by atomic mass is 32.2. The molecule has 1 aliphatic rings. The molecule has 1 unspecified atom stereocenters. The van der Waals surface area contributed by atoms with Crippen LogP contribution in [-0.2, 0) is 21.2 Å². The van der Waals surface area contributed by atoms with E-state index in [0.29, 0.717) is 11.3 Å². The number of ether oxygens (including phenoxy) is 1. The minimum Gasteiger partial charge on any atom is -0.489 e. The third-order valence-electron chi connectivity index (χ3n) is 5.12. The van der Waals surface area contributed by atoms with E-state index in [0.717, 1.165) is 5.56 Å². The largest absolute Gasteiger partial charge is 0.489 e. The number of rotatable bonds is 8. The van der Waals surface area contributed by atoms with Crippen molar-refractivity contribution in [2.45, 2.75) is 12.6 Å². The predicted molar refractivity (Wildman–Crippen MR) is 113 cm³/mol. The minimum absolute atomic E-state index is 0.0878. The third-order valence-corrected chi connectivity index (χ3v) is 6.73. The van der Waals surface area contributed by atoms with E-state index < -0.39 is 27.7 Å². The SMILES string of the molecule is O=C(NCC(C(=O)NO)N1CCS(=O)(=O)CC1)c1ccc(OCc2ccc(F)cc2)cc1. The number of sulfone groups is 1. The van der Waals surface area contributed by atoms with E-state index in [9.17, 15) is 22.4 Å². The van der Waals surface area contributed by atoms with Gasteiger partial charge in [0.2, 0.25) is 0 Å². The summed E-state index contributed by atoms with van der Waals surface area (Å²) in [4.78, 5) is 26.1. The highest BCUT2D eigenvalue weighted by Gasteiger charge is 2.31. The molecule has 0 spiro atoms. The fraction of sp³-hybridized carbons (Fsp3) is 0.333. The highest BCUT2D eigenvalue weighted by molar-refractivity contribution is 7.91. The molecule has 1 aliphatic heterocycles. The summed E-state index contributed by atoms with van der Waals surface area (Å²) in [6.07, 6.45) is 0. The molecule has 172 valence electrons. The van der Waals surface area contributed by atoms with Gasteiger partial charge in [-0.25, -0.2) is 18.3 Å². The van der Waals surface area contributed by atoms with E-state index in [-0.39, 0.29) is 43.6 Å². The van der Waals surface area contributed by atoms with E-state index in [1.165, 1.54) is 12.1 Å². The van der Waals surface area contributed by atoms with Crippen LogP contribution in [0.25, 0.3) is 0 Å². The standard InChI is InChI=1S/C21H24FN3O6S/c22-17-5-1-15(2-6-17)14-31-18-7-3-16(4-8-18)20(26)23-13-19(21(27)24-28)25-9-11-32(29,30)12-10-25/h1-8,19,28H,9-14H2,(H,23,26)(H,24,27). The van der Waals surface area contributed by atoms with Crippen LogP contribution in [0.15, 0.2) is 48.5 Å². The van der Waals surface area contributed by atoms with Crippen molar-refractivity contribution in [1.82, 2.24) is 15.7 Å². The fourth-order valence-corrected chi connectivity index (χ4v) is 4.47. The highest BCUT2D eigenvalue weighted by Crippen LogP contribution is 2.15. The number of nitrogens with zero attached hydrogens (tertiary/aromatic N) is 1. The lowest BCUT2D eigenvalue weighted by molar-refractivity contribution is -0.134. The fourth-order valence-electron chi connectivity index (χ4n) is 3.24. The van der Waals surface area contributed by atoms with Gasteiger partial charge in [-0.2, -0.15) is 0 Å². The Hall–Kier alpha value is -3.02. The van der Waals surface area contributed by atoms with Crippen LogP contribution in [0.2, 0.25) is 0 Å². The lowest BCUT2D eigenvalue weighted by Crippen LogP contribution is -2.56. The summed E-state index contributed by atoms with van der Waals surface area (Å²) in [6, 6.07) is 11.4. The number of carbonyl (C=O) groups excluding carboxylic acids is 2. The van der Waals surface area contributed by atoms with Crippen LogP contribution in [0.1, 0.15) is 15.9 Å². The lowest BCUT2D eigenvalue weighted by atomic mass is 10.1. The van der Waals surface area contributed by atoms with E-state index in [1.54, 1.807) is 46.8 Å². The van der Waals surface area contributed by atoms with Crippen LogP contribution in [0, 0.1) is 5.82 Å². The van der Waals surface area contributed by atoms with Gasteiger partial charge in [-0.3, -0.25) is 19.7 Å². The topological polar surface area (TPSA) is 125 Å². The first kappa shape index (κ1) is 23.6. The number of benzene rings is 2. The number of hydrogen-bond acceptors (Lipinski definition) is 7. The summed E-state index contributed by atoms with van der Waals surface area (Å²) in [7, 11) is -3.14. The molecule has 3 N–H and O–H groups in total. The maximum absolute atomic E-state index is 12.9. The molecule has 9 nitrogen and oxygen atoms in total. The molecule has 32 heavy (non-hydrogen) atoms. The average molecular weight is 466 g/mol. The first-order valence-electron chi connectivity index (χ1n) is 9.91. The van der Waals surface area contributed by atoms with Gasteiger partial charge >= 0.3 is 0 Å². The number of hydrogen-bond donors (Lipinski definition) is 3. The average Bonchev–Trinajstić information content (AvgIpc) is 2.79. The van der Waals surface area contributed by atoms with Crippen LogP contribution >= 0.6 is 0 Å². The van der Waals surface area contributed by atoms with Crippen LogP contribution in [0.3, 0.4) is 0 Å². The third kappa shape index (κ3) is 6.49. The number of carbonyl (C=O) groups is 2. The van der Waals surface area contributed by atoms with Crippen LogP contribution in [0.5, 0.6) is 5.75 Å². The lowest BCUT2D eigenvalue weighted by Gasteiger charge is -2.32. The summed E-state index contributed by atoms with van der Waals surface area (Å²) >= 11 is 0. The Bertz CT molecular complexity index is 1030. The number of nitrogens with one attached hydrogen (secondary N) is 2. The Morgan fingerprint density at radius 1 is 1.06 bits per heavy atom. The summed E-state index contributed by atoms with van der Waals surface area (Å²) in [5.74, 6) is -1.14. The minimum atomic E-state index is -3.14. The quantitative estimate of drug-likeness (QED) is 0.388. The summed E-state index contributed by atoms with van der Waals surface area (Å²) in [5, 5.41) is 11.6. The van der Waals surface area contributed by atoms with Crippen molar-refractivity contribution < 1.29 is 32.3 Å². The van der Waals surface area contributed by atoms with Crippen molar-refractivity contribution in [1.29, 1.82) is 0 Å². The number of amides is 2. The maximum Gasteiger partial charge on any atom is 0.262 e. The molecule has 11 heteroatoms. The molecule has 1 fully saturated rings. The van der Waals surface area contributed by atoms with Crippen molar-refractivity contribution in [3.05, 3.63) is 65.5 Å². The van der Waals surface area contributed by atoms with E-state index in [2.05, 4.69) is 5.32 Å². The molecule has 0 radical (unpaired) electrons. The van der Waals surface area contributed by atoms with Gasteiger partial charge in [0.05, 0.1) is 11.5 Å². The molecular weight excluding hydrogens is 441 g/mol. The van der Waals surface area contributed by atoms with Gasteiger partial charge in [-0.05, 0) is 42.0 Å². The zero-order valence-electron chi connectivity index (χ0n) is 17.2. The number of halogens is 1. The molecule has 1 atom stereocenters. The Balaban J connectivity index is 1.54. The Labute approximate surface area is 185 Å². The zero-order valence-corrected chi connectivity index (χ0v) is 18.0. The molecule has 0 saturated carbocycles. The van der Waals surface area contributed by atoms with Crippen LogP contribution in [-0.4, -0.2) is 67.5 Å². The van der Waals surface area contributed by atoms with Gasteiger partial charge in [-0.1, -0.05) is 12.1 Å². The van der Waals surface area contributed by atoms with Crippen molar-refractivity contribution >= 4 is 21.7 Å². The second-order valence-corrected chi connectivity index (χ2v) is 9.63. The molecule has 1 heterocycles. The molecule has 0 aliphatic carbocycles. The van der Waals surface area contributed by atoms with Crippen molar-refractivity contribution in [2.24, 2.45) is 0 Å². The molecule has 2 aromatic rings. The Morgan fingerprint density at radius 2 is 1.69 bits per heavy atom. The van der Waals surface area contributed by atoms with Gasteiger partial charge < -0.3 is 10.1 Å². The molecule has 3 rings (SSSR count). The molecule has 0 bridgehead atoms. The van der Waals surface area contributed by atoms with Crippen LogP contribution < -0.4 is 15.5 Å². The summed E-state index contributed by atoms with van der Waals surface area (Å²) in [6.45, 7) is 0.413. The second kappa shape index (κ2) is 10.5. The van der Waals surface area contributed by atoms with Crippen molar-refractivity contribution in [3.63, 3.8) is 0 Å². The van der Waals surface area contributed by atoms with Gasteiger partial charge in [-0.15, -0.1) is 0 Å². The molecule has 0 aromatic heterocycles. The normalized spacial score (nSPS) is 16.7. The van der Waals surface area contributed by atoms with Crippen molar-refractivity contribution in [3.8, 4) is 5.75 Å². The molecule has 2 aromatic carbocycles. The summed E-state index contributed by atoms with van der Waals surface area (Å²) in [5.41, 5.74) is 2.70. The van der Waals surface area contributed by atoms with E-state index in [1.807, 2.05) is 0 Å². The molecule has 1 saturated heterocycles.